The van der Waals surface area contributed by atoms with Gasteiger partial charge in [0.15, 0.2) is 5.78 Å². The van der Waals surface area contributed by atoms with Crippen molar-refractivity contribution in [2.75, 3.05) is 11.5 Å². The molecule has 202 valence electrons. The number of ether oxygens (including phenoxy) is 1. The average Bonchev–Trinajstić information content (AvgIpc) is 3.22. The van der Waals surface area contributed by atoms with Crippen LogP contribution in [-0.4, -0.2) is 34.9 Å². The van der Waals surface area contributed by atoms with Crippen LogP contribution >= 0.6 is 11.8 Å². The van der Waals surface area contributed by atoms with E-state index in [4.69, 9.17) is 4.74 Å². The number of hydrogen-bond donors (Lipinski definition) is 1. The van der Waals surface area contributed by atoms with Gasteiger partial charge < -0.3 is 4.74 Å². The average molecular weight is 540 g/mol. The van der Waals surface area contributed by atoms with E-state index in [1.165, 1.54) is 0 Å². The molecule has 1 spiro atoms. The van der Waals surface area contributed by atoms with Crippen molar-refractivity contribution >= 4 is 29.6 Å². The molecule has 4 atom stereocenters. The van der Waals surface area contributed by atoms with Crippen LogP contribution in [0.3, 0.4) is 0 Å². The first-order valence-electron chi connectivity index (χ1n) is 13.6. The lowest BCUT2D eigenvalue weighted by atomic mass is 9.63. The minimum Gasteiger partial charge on any atom is -0.459 e. The number of Topliss-reactive ketones (excluding diaryl/α,β-unsaturated/α-hetero) is 1. The Morgan fingerprint density at radius 3 is 2.28 bits per heavy atom. The molecule has 2 aliphatic heterocycles. The van der Waals surface area contributed by atoms with E-state index in [9.17, 15) is 9.59 Å². The van der Waals surface area contributed by atoms with E-state index in [-0.39, 0.29) is 17.8 Å². The molecule has 2 heterocycles. The summed E-state index contributed by atoms with van der Waals surface area (Å²) in [5, 5.41) is 3.65. The molecule has 0 aromatic heterocycles. The van der Waals surface area contributed by atoms with Gasteiger partial charge in [-0.05, 0) is 57.4 Å². The number of aryl methyl sites for hydroxylation is 2. The van der Waals surface area contributed by atoms with Crippen LogP contribution in [-0.2, 0) is 14.3 Å². The summed E-state index contributed by atoms with van der Waals surface area (Å²) in [6, 6.07) is 25.6. The minimum absolute atomic E-state index is 0.113. The zero-order chi connectivity index (χ0) is 27.8. The summed E-state index contributed by atoms with van der Waals surface area (Å²) >= 11 is 1.77. The molecule has 0 saturated carbocycles. The number of rotatable bonds is 4. The molecule has 2 saturated heterocycles. The lowest BCUT2D eigenvalue weighted by molar-refractivity contribution is -0.157. The van der Waals surface area contributed by atoms with E-state index in [1.807, 2.05) is 63.2 Å². The molecule has 0 amide bonds. The van der Waals surface area contributed by atoms with Crippen LogP contribution in [0.2, 0.25) is 0 Å². The molecule has 0 aliphatic carbocycles. The highest BCUT2D eigenvalue weighted by Gasteiger charge is 2.63. The van der Waals surface area contributed by atoms with Gasteiger partial charge in [-0.2, -0.15) is 11.8 Å². The maximum atomic E-state index is 14.9. The lowest BCUT2D eigenvalue weighted by Crippen LogP contribution is -2.47. The Balaban J connectivity index is 1.71. The predicted octanol–water partition coefficient (Wildman–Crippen LogP) is 6.83. The molecular formula is C34H37NO3S. The number of benzene rings is 3. The second-order valence-electron chi connectivity index (χ2n) is 11.9. The van der Waals surface area contributed by atoms with Gasteiger partial charge >= 0.3 is 5.97 Å². The monoisotopic (exact) mass is 539 g/mol. The van der Waals surface area contributed by atoms with E-state index in [2.05, 4.69) is 61.6 Å². The third-order valence-electron chi connectivity index (χ3n) is 7.64. The summed E-state index contributed by atoms with van der Waals surface area (Å²) in [6.45, 7) is 9.77. The molecule has 2 aliphatic rings. The quantitative estimate of drug-likeness (QED) is 0.291. The zero-order valence-corrected chi connectivity index (χ0v) is 24.2. The predicted molar refractivity (Wildman–Crippen MR) is 160 cm³/mol. The van der Waals surface area contributed by atoms with Gasteiger partial charge in [0.25, 0.3) is 0 Å². The largest absolute Gasteiger partial charge is 0.459 e. The van der Waals surface area contributed by atoms with Crippen molar-refractivity contribution in [3.63, 3.8) is 0 Å². The third kappa shape index (κ3) is 5.48. The zero-order valence-electron chi connectivity index (χ0n) is 23.4. The lowest BCUT2D eigenvalue weighted by Gasteiger charge is -2.42. The molecule has 3 aromatic carbocycles. The van der Waals surface area contributed by atoms with E-state index < -0.39 is 23.0 Å². The SMILES string of the molecule is Cc1cccc(/C=C2\CSCC3(C2=O)C(c2ccccc2)NC(C(=O)OC(C)(C)C)C3c2cccc(C)c2)c1. The summed E-state index contributed by atoms with van der Waals surface area (Å²) in [5.74, 6) is 0.662. The fourth-order valence-electron chi connectivity index (χ4n) is 6.14. The van der Waals surface area contributed by atoms with Crippen LogP contribution in [0.5, 0.6) is 0 Å². The molecule has 4 unspecified atom stereocenters. The highest BCUT2D eigenvalue weighted by molar-refractivity contribution is 7.99. The number of carbonyl (C=O) groups is 2. The number of nitrogens with one attached hydrogen (secondary N) is 1. The maximum absolute atomic E-state index is 14.9. The van der Waals surface area contributed by atoms with Crippen molar-refractivity contribution in [2.45, 2.75) is 58.2 Å². The second-order valence-corrected chi connectivity index (χ2v) is 12.8. The van der Waals surface area contributed by atoms with E-state index in [0.717, 1.165) is 33.4 Å². The minimum atomic E-state index is -0.866. The maximum Gasteiger partial charge on any atom is 0.324 e. The van der Waals surface area contributed by atoms with Crippen LogP contribution in [0.25, 0.3) is 6.08 Å². The third-order valence-corrected chi connectivity index (χ3v) is 8.84. The molecular weight excluding hydrogens is 502 g/mol. The number of hydrogen-bond acceptors (Lipinski definition) is 5. The standard InChI is InChI=1S/C34H37NO3S/c1-22-11-9-13-24(17-22)19-27-20-39-21-34(31(27)36)28(26-16-10-12-23(2)18-26)29(32(37)38-33(3,4)5)35-30(34)25-14-7-6-8-15-25/h6-19,28-30,35H,20-21H2,1-5H3/b27-19+. The summed E-state index contributed by atoms with van der Waals surface area (Å²) in [6.07, 6.45) is 2.04. The Morgan fingerprint density at radius 1 is 0.949 bits per heavy atom. The summed E-state index contributed by atoms with van der Waals surface area (Å²) in [5.41, 5.74) is 4.55. The van der Waals surface area contributed by atoms with E-state index in [1.54, 1.807) is 11.8 Å². The van der Waals surface area contributed by atoms with Crippen LogP contribution in [0, 0.1) is 19.3 Å². The Bertz CT molecular complexity index is 1410. The summed E-state index contributed by atoms with van der Waals surface area (Å²) < 4.78 is 5.96. The van der Waals surface area contributed by atoms with Gasteiger partial charge in [-0.15, -0.1) is 0 Å². The van der Waals surface area contributed by atoms with Gasteiger partial charge in [0.05, 0.1) is 5.41 Å². The topological polar surface area (TPSA) is 55.4 Å². The van der Waals surface area contributed by atoms with Gasteiger partial charge in [-0.3, -0.25) is 14.9 Å². The molecule has 0 bridgehead atoms. The van der Waals surface area contributed by atoms with Gasteiger partial charge in [0.2, 0.25) is 0 Å². The molecule has 4 nitrogen and oxygen atoms in total. The van der Waals surface area contributed by atoms with Crippen molar-refractivity contribution in [2.24, 2.45) is 5.41 Å². The van der Waals surface area contributed by atoms with Crippen LogP contribution in [0.15, 0.2) is 84.4 Å². The molecule has 2 fully saturated rings. The van der Waals surface area contributed by atoms with Crippen molar-refractivity contribution in [3.05, 3.63) is 112 Å². The van der Waals surface area contributed by atoms with Gasteiger partial charge in [0, 0.05) is 29.0 Å². The Kier molecular flexibility index (Phi) is 7.58. The first-order valence-corrected chi connectivity index (χ1v) is 14.7. The Hall–Kier alpha value is -3.15. The van der Waals surface area contributed by atoms with Crippen molar-refractivity contribution in [1.82, 2.24) is 5.32 Å². The van der Waals surface area contributed by atoms with Gasteiger partial charge in [0.1, 0.15) is 11.6 Å². The van der Waals surface area contributed by atoms with E-state index in [0.29, 0.717) is 11.5 Å². The Morgan fingerprint density at radius 2 is 1.62 bits per heavy atom. The highest BCUT2D eigenvalue weighted by Crippen LogP contribution is 2.58. The van der Waals surface area contributed by atoms with Gasteiger partial charge in [-0.1, -0.05) is 90.0 Å². The fraction of sp³-hybridized carbons (Fsp3) is 0.353. The van der Waals surface area contributed by atoms with Crippen molar-refractivity contribution < 1.29 is 14.3 Å². The van der Waals surface area contributed by atoms with Crippen LogP contribution < -0.4 is 5.32 Å². The van der Waals surface area contributed by atoms with Crippen LogP contribution in [0.4, 0.5) is 0 Å². The number of thioether (sulfide) groups is 1. The van der Waals surface area contributed by atoms with Gasteiger partial charge in [-0.25, -0.2) is 0 Å². The molecule has 0 radical (unpaired) electrons. The highest BCUT2D eigenvalue weighted by atomic mass is 32.2. The second kappa shape index (κ2) is 10.8. The molecule has 3 aromatic rings. The molecule has 5 rings (SSSR count). The smallest absolute Gasteiger partial charge is 0.324 e. The van der Waals surface area contributed by atoms with E-state index >= 15 is 0 Å². The number of carbonyl (C=O) groups excluding carboxylic acids is 2. The normalized spacial score (nSPS) is 26.2. The number of esters is 1. The Labute approximate surface area is 236 Å². The number of ketones is 1. The molecule has 5 heteroatoms. The first kappa shape index (κ1) is 27.4. The summed E-state index contributed by atoms with van der Waals surface area (Å²) in [4.78, 5) is 28.7. The first-order chi connectivity index (χ1) is 18.6. The van der Waals surface area contributed by atoms with Crippen molar-refractivity contribution in [3.8, 4) is 0 Å². The van der Waals surface area contributed by atoms with Crippen molar-refractivity contribution in [1.29, 1.82) is 0 Å². The molecule has 1 N–H and O–H groups in total. The molecule has 39 heavy (non-hydrogen) atoms. The fourth-order valence-corrected chi connectivity index (χ4v) is 7.49. The summed E-state index contributed by atoms with van der Waals surface area (Å²) in [7, 11) is 0. The van der Waals surface area contributed by atoms with Crippen LogP contribution in [0.1, 0.15) is 60.5 Å².